The molecule has 0 bridgehead atoms. The molecule has 0 aromatic rings. The molecule has 0 aromatic heterocycles. The first-order valence-electron chi connectivity index (χ1n) is 4.03. The summed E-state index contributed by atoms with van der Waals surface area (Å²) in [5, 5.41) is 9.44. The molecule has 0 rings (SSSR count). The van der Waals surface area contributed by atoms with Crippen LogP contribution in [0.25, 0.3) is 0 Å². The summed E-state index contributed by atoms with van der Waals surface area (Å²) < 4.78 is 0. The van der Waals surface area contributed by atoms with Crippen LogP contribution in [0.5, 0.6) is 0 Å². The molecule has 0 amide bonds. The van der Waals surface area contributed by atoms with Gasteiger partial charge in [-0.15, -0.1) is 6.58 Å². The van der Waals surface area contributed by atoms with E-state index >= 15 is 0 Å². The fourth-order valence-corrected chi connectivity index (χ4v) is 0.824. The van der Waals surface area contributed by atoms with E-state index in [9.17, 15) is 5.11 Å². The van der Waals surface area contributed by atoms with E-state index in [4.69, 9.17) is 0 Å². The fourth-order valence-electron chi connectivity index (χ4n) is 0.824. The van der Waals surface area contributed by atoms with E-state index in [1.165, 1.54) is 0 Å². The molecule has 0 spiro atoms. The van der Waals surface area contributed by atoms with Gasteiger partial charge in [0.2, 0.25) is 0 Å². The molecule has 0 aliphatic heterocycles. The van der Waals surface area contributed by atoms with Gasteiger partial charge in [-0.25, -0.2) is 0 Å². The van der Waals surface area contributed by atoms with Crippen LogP contribution in [0.2, 0.25) is 0 Å². The third-order valence-electron chi connectivity index (χ3n) is 1.77. The molecular weight excluding hydrogens is 136 g/mol. The third kappa shape index (κ3) is 3.38. The predicted molar refractivity (Wildman–Crippen MR) is 49.4 cm³/mol. The number of aliphatic hydroxyl groups is 1. The highest BCUT2D eigenvalue weighted by Gasteiger charge is 2.21. The molecule has 0 saturated carbocycles. The molecule has 1 unspecified atom stereocenters. The topological polar surface area (TPSA) is 20.2 Å². The molecule has 1 heteroatoms. The molecule has 1 N–H and O–H groups in total. The Morgan fingerprint density at radius 3 is 2.45 bits per heavy atom. The van der Waals surface area contributed by atoms with E-state index in [1.54, 1.807) is 6.08 Å². The summed E-state index contributed by atoms with van der Waals surface area (Å²) in [6.07, 6.45) is 6.21. The van der Waals surface area contributed by atoms with Crippen LogP contribution in [-0.2, 0) is 0 Å². The monoisotopic (exact) mass is 154 g/mol. The lowest BCUT2D eigenvalue weighted by Gasteiger charge is -2.24. The Balaban J connectivity index is 4.19. The molecule has 0 aliphatic carbocycles. The summed E-state index contributed by atoms with van der Waals surface area (Å²) in [6.45, 7) is 9.61. The van der Waals surface area contributed by atoms with Gasteiger partial charge < -0.3 is 5.11 Å². The van der Waals surface area contributed by atoms with Crippen LogP contribution in [0.3, 0.4) is 0 Å². The molecule has 1 nitrogen and oxygen atoms in total. The molecule has 64 valence electrons. The summed E-state index contributed by atoms with van der Waals surface area (Å²) in [6, 6.07) is 0. The normalized spacial score (nSPS) is 15.3. The minimum absolute atomic E-state index is 0.183. The van der Waals surface area contributed by atoms with Gasteiger partial charge >= 0.3 is 0 Å². The molecule has 0 saturated heterocycles. The first-order chi connectivity index (χ1) is 5.04. The van der Waals surface area contributed by atoms with Crippen LogP contribution in [-0.4, -0.2) is 11.2 Å². The first kappa shape index (κ1) is 10.4. The Labute approximate surface area is 69.4 Å². The summed E-state index contributed by atoms with van der Waals surface area (Å²) >= 11 is 0. The van der Waals surface area contributed by atoms with Crippen molar-refractivity contribution in [2.24, 2.45) is 5.41 Å². The van der Waals surface area contributed by atoms with Gasteiger partial charge in [0.05, 0.1) is 6.10 Å². The van der Waals surface area contributed by atoms with Crippen molar-refractivity contribution in [3.8, 4) is 0 Å². The van der Waals surface area contributed by atoms with Gasteiger partial charge in [-0.2, -0.15) is 0 Å². The van der Waals surface area contributed by atoms with Gasteiger partial charge in [0.15, 0.2) is 0 Å². The lowest BCUT2D eigenvalue weighted by molar-refractivity contribution is 0.126. The smallest absolute Gasteiger partial charge is 0.0803 e. The van der Waals surface area contributed by atoms with Gasteiger partial charge in [0.1, 0.15) is 0 Å². The molecule has 0 fully saturated rings. The SMILES string of the molecule is C=CC(O)C(C)(C)/C=C\CC. The highest BCUT2D eigenvalue weighted by molar-refractivity contribution is 5.03. The van der Waals surface area contributed by atoms with E-state index in [1.807, 2.05) is 19.9 Å². The van der Waals surface area contributed by atoms with Crippen LogP contribution >= 0.6 is 0 Å². The van der Waals surface area contributed by atoms with Crippen molar-refractivity contribution in [2.45, 2.75) is 33.3 Å². The van der Waals surface area contributed by atoms with E-state index in [0.717, 1.165) is 6.42 Å². The number of rotatable bonds is 4. The number of allylic oxidation sites excluding steroid dienone is 1. The second-order valence-electron chi connectivity index (χ2n) is 3.31. The van der Waals surface area contributed by atoms with Crippen molar-refractivity contribution in [2.75, 3.05) is 0 Å². The molecule has 0 radical (unpaired) electrons. The van der Waals surface area contributed by atoms with E-state index < -0.39 is 6.10 Å². The number of hydrogen-bond acceptors (Lipinski definition) is 1. The number of aliphatic hydroxyl groups excluding tert-OH is 1. The maximum absolute atomic E-state index is 9.44. The van der Waals surface area contributed by atoms with Crippen LogP contribution in [0.1, 0.15) is 27.2 Å². The van der Waals surface area contributed by atoms with Gasteiger partial charge in [-0.1, -0.05) is 39.0 Å². The Kier molecular flexibility index (Phi) is 4.12. The zero-order valence-electron chi connectivity index (χ0n) is 7.67. The minimum Gasteiger partial charge on any atom is -0.388 e. The highest BCUT2D eigenvalue weighted by atomic mass is 16.3. The van der Waals surface area contributed by atoms with Gasteiger partial charge in [0, 0.05) is 5.41 Å². The molecule has 0 aliphatic rings. The summed E-state index contributed by atoms with van der Waals surface area (Å²) in [4.78, 5) is 0. The Morgan fingerprint density at radius 2 is 2.09 bits per heavy atom. The zero-order valence-corrected chi connectivity index (χ0v) is 7.67. The molecule has 0 aromatic carbocycles. The highest BCUT2D eigenvalue weighted by Crippen LogP contribution is 2.23. The van der Waals surface area contributed by atoms with Gasteiger partial charge in [-0.05, 0) is 6.42 Å². The van der Waals surface area contributed by atoms with E-state index in [0.29, 0.717) is 0 Å². The van der Waals surface area contributed by atoms with Crippen LogP contribution in [0.4, 0.5) is 0 Å². The predicted octanol–water partition coefficient (Wildman–Crippen LogP) is 2.53. The lowest BCUT2D eigenvalue weighted by Crippen LogP contribution is -2.24. The quantitative estimate of drug-likeness (QED) is 0.617. The second kappa shape index (κ2) is 4.35. The largest absolute Gasteiger partial charge is 0.388 e. The Hall–Kier alpha value is -0.560. The summed E-state index contributed by atoms with van der Waals surface area (Å²) in [5.74, 6) is 0. The standard InChI is InChI=1S/C10H18O/c1-5-7-8-10(3,4)9(11)6-2/h6-9,11H,2,5H2,1,3-4H3/b8-7-. The van der Waals surface area contributed by atoms with E-state index in [2.05, 4.69) is 19.6 Å². The third-order valence-corrected chi connectivity index (χ3v) is 1.77. The van der Waals surface area contributed by atoms with Gasteiger partial charge in [-0.3, -0.25) is 0 Å². The van der Waals surface area contributed by atoms with Crippen molar-refractivity contribution in [1.29, 1.82) is 0 Å². The average molecular weight is 154 g/mol. The van der Waals surface area contributed by atoms with Crippen molar-refractivity contribution in [1.82, 2.24) is 0 Å². The van der Waals surface area contributed by atoms with Crippen molar-refractivity contribution in [3.63, 3.8) is 0 Å². The first-order valence-corrected chi connectivity index (χ1v) is 4.03. The molecule has 1 atom stereocenters. The molecule has 0 heterocycles. The maximum atomic E-state index is 9.44. The lowest BCUT2D eigenvalue weighted by atomic mass is 9.86. The van der Waals surface area contributed by atoms with Crippen molar-refractivity contribution >= 4 is 0 Å². The Bertz CT molecular complexity index is 145. The summed E-state index contributed by atoms with van der Waals surface area (Å²) in [5.41, 5.74) is -0.183. The van der Waals surface area contributed by atoms with Crippen molar-refractivity contribution < 1.29 is 5.11 Å². The van der Waals surface area contributed by atoms with Crippen molar-refractivity contribution in [3.05, 3.63) is 24.8 Å². The molecular formula is C10H18O. The minimum atomic E-state index is -0.453. The second-order valence-corrected chi connectivity index (χ2v) is 3.31. The fraction of sp³-hybridized carbons (Fsp3) is 0.600. The molecule has 11 heavy (non-hydrogen) atoms. The van der Waals surface area contributed by atoms with Crippen LogP contribution in [0.15, 0.2) is 24.8 Å². The average Bonchev–Trinajstić information content (AvgIpc) is 1.99. The zero-order chi connectivity index (χ0) is 8.91. The maximum Gasteiger partial charge on any atom is 0.0803 e. The van der Waals surface area contributed by atoms with Crippen LogP contribution in [0, 0.1) is 5.41 Å². The van der Waals surface area contributed by atoms with E-state index in [-0.39, 0.29) is 5.41 Å². The summed E-state index contributed by atoms with van der Waals surface area (Å²) in [7, 11) is 0. The van der Waals surface area contributed by atoms with Gasteiger partial charge in [0.25, 0.3) is 0 Å². The number of hydrogen-bond donors (Lipinski definition) is 1. The Morgan fingerprint density at radius 1 is 1.55 bits per heavy atom. The van der Waals surface area contributed by atoms with Crippen LogP contribution < -0.4 is 0 Å².